The third-order valence-corrected chi connectivity index (χ3v) is 4.02. The Hall–Kier alpha value is -1.10. The van der Waals surface area contributed by atoms with Gasteiger partial charge >= 0.3 is 0 Å². The fourth-order valence-electron chi connectivity index (χ4n) is 2.17. The molecule has 2 aromatic rings. The van der Waals surface area contributed by atoms with Gasteiger partial charge in [0, 0.05) is 5.02 Å². The lowest BCUT2D eigenvalue weighted by atomic mass is 10.2. The number of nitrogens with zero attached hydrogens (tertiary/aromatic N) is 3. The molecule has 2 rings (SSSR count). The van der Waals surface area contributed by atoms with E-state index in [0.717, 1.165) is 29.2 Å². The van der Waals surface area contributed by atoms with Crippen LogP contribution in [-0.2, 0) is 0 Å². The van der Waals surface area contributed by atoms with E-state index >= 15 is 0 Å². The summed E-state index contributed by atoms with van der Waals surface area (Å²) in [6.45, 7) is 8.91. The minimum absolute atomic E-state index is 0.147. The lowest BCUT2D eigenvalue weighted by Gasteiger charge is -2.11. The van der Waals surface area contributed by atoms with Crippen LogP contribution in [0.3, 0.4) is 0 Å². The Labute approximate surface area is 129 Å². The van der Waals surface area contributed by atoms with E-state index in [1.165, 1.54) is 0 Å². The molecule has 0 saturated heterocycles. The summed E-state index contributed by atoms with van der Waals surface area (Å²) in [6.07, 6.45) is 0. The van der Waals surface area contributed by atoms with Crippen molar-refractivity contribution in [2.45, 2.75) is 33.7 Å². The molecule has 1 heterocycles. The molecular weight excluding hydrogens is 295 g/mol. The predicted octanol–water partition coefficient (Wildman–Crippen LogP) is 3.86. The summed E-state index contributed by atoms with van der Waals surface area (Å²) in [4.78, 5) is 0. The average Bonchev–Trinajstić information content (AvgIpc) is 2.76. The van der Waals surface area contributed by atoms with E-state index in [0.29, 0.717) is 10.0 Å². The van der Waals surface area contributed by atoms with Gasteiger partial charge in [-0.3, -0.25) is 0 Å². The number of rotatable bonds is 4. The summed E-state index contributed by atoms with van der Waals surface area (Å²) in [7, 11) is 0. The number of hydrogen-bond acceptors (Lipinski definition) is 3. The van der Waals surface area contributed by atoms with Crippen LogP contribution in [0.15, 0.2) is 12.1 Å². The first-order valence-corrected chi connectivity index (χ1v) is 7.32. The highest BCUT2D eigenvalue weighted by atomic mass is 35.5. The van der Waals surface area contributed by atoms with E-state index in [9.17, 15) is 0 Å². The van der Waals surface area contributed by atoms with Crippen molar-refractivity contribution in [1.29, 1.82) is 0 Å². The van der Waals surface area contributed by atoms with Crippen LogP contribution in [0.1, 0.15) is 36.8 Å². The molecule has 20 heavy (non-hydrogen) atoms. The third kappa shape index (κ3) is 2.82. The van der Waals surface area contributed by atoms with Gasteiger partial charge in [-0.25, -0.2) is 4.68 Å². The Kier molecular flexibility index (Phi) is 4.68. The molecule has 1 atom stereocenters. The SMILES string of the molecule is CCNC(C)c1nnn(-c2cc(Cl)c(C)cc2Cl)c1C. The van der Waals surface area contributed by atoms with Crippen molar-refractivity contribution in [2.75, 3.05) is 6.54 Å². The minimum atomic E-state index is 0.147. The second kappa shape index (κ2) is 6.12. The van der Waals surface area contributed by atoms with Crippen LogP contribution in [-0.4, -0.2) is 21.5 Å². The van der Waals surface area contributed by atoms with E-state index in [1.807, 2.05) is 26.0 Å². The standard InChI is InChI=1S/C14H18Cl2N4/c1-5-17-9(3)14-10(4)20(19-18-14)13-7-11(15)8(2)6-12(13)16/h6-7,9,17H,5H2,1-4H3. The van der Waals surface area contributed by atoms with Gasteiger partial charge in [0.1, 0.15) is 5.69 Å². The number of benzene rings is 1. The number of aromatic nitrogens is 3. The van der Waals surface area contributed by atoms with Crippen molar-refractivity contribution >= 4 is 23.2 Å². The van der Waals surface area contributed by atoms with Gasteiger partial charge in [-0.15, -0.1) is 5.10 Å². The van der Waals surface area contributed by atoms with Crippen LogP contribution in [0.25, 0.3) is 5.69 Å². The molecule has 0 fully saturated rings. The first-order chi connectivity index (χ1) is 9.45. The zero-order valence-corrected chi connectivity index (χ0v) is 13.5. The Morgan fingerprint density at radius 3 is 2.60 bits per heavy atom. The van der Waals surface area contributed by atoms with E-state index in [2.05, 4.69) is 29.5 Å². The molecule has 1 aromatic carbocycles. The summed E-state index contributed by atoms with van der Waals surface area (Å²) < 4.78 is 1.73. The molecule has 0 aliphatic rings. The summed E-state index contributed by atoms with van der Waals surface area (Å²) in [6, 6.07) is 3.81. The van der Waals surface area contributed by atoms with Crippen molar-refractivity contribution in [3.05, 3.63) is 39.1 Å². The van der Waals surface area contributed by atoms with E-state index in [4.69, 9.17) is 23.2 Å². The Morgan fingerprint density at radius 2 is 1.95 bits per heavy atom. The van der Waals surface area contributed by atoms with Crippen molar-refractivity contribution < 1.29 is 0 Å². The maximum atomic E-state index is 6.30. The highest BCUT2D eigenvalue weighted by molar-refractivity contribution is 6.35. The molecular formula is C14H18Cl2N4. The zero-order valence-electron chi connectivity index (χ0n) is 12.0. The molecule has 0 radical (unpaired) electrons. The predicted molar refractivity (Wildman–Crippen MR) is 82.9 cm³/mol. The van der Waals surface area contributed by atoms with Crippen LogP contribution in [0, 0.1) is 13.8 Å². The molecule has 0 aliphatic carbocycles. The monoisotopic (exact) mass is 312 g/mol. The quantitative estimate of drug-likeness (QED) is 0.932. The van der Waals surface area contributed by atoms with Crippen LogP contribution in [0.5, 0.6) is 0 Å². The Balaban J connectivity index is 2.47. The molecule has 0 saturated carbocycles. The second-order valence-electron chi connectivity index (χ2n) is 4.80. The van der Waals surface area contributed by atoms with E-state index in [1.54, 1.807) is 4.68 Å². The van der Waals surface area contributed by atoms with Crippen molar-refractivity contribution in [1.82, 2.24) is 20.3 Å². The zero-order chi connectivity index (χ0) is 14.9. The molecule has 4 nitrogen and oxygen atoms in total. The van der Waals surface area contributed by atoms with E-state index < -0.39 is 0 Å². The van der Waals surface area contributed by atoms with E-state index in [-0.39, 0.29) is 6.04 Å². The maximum absolute atomic E-state index is 6.30. The lowest BCUT2D eigenvalue weighted by Crippen LogP contribution is -2.19. The minimum Gasteiger partial charge on any atom is -0.309 e. The summed E-state index contributed by atoms with van der Waals surface area (Å²) in [5.74, 6) is 0. The summed E-state index contributed by atoms with van der Waals surface area (Å²) in [5.41, 5.74) is 3.57. The van der Waals surface area contributed by atoms with Crippen LogP contribution in [0.4, 0.5) is 0 Å². The van der Waals surface area contributed by atoms with Gasteiger partial charge in [0.05, 0.1) is 22.4 Å². The fraction of sp³-hybridized carbons (Fsp3) is 0.429. The fourth-order valence-corrected chi connectivity index (χ4v) is 2.63. The van der Waals surface area contributed by atoms with Crippen LogP contribution in [0.2, 0.25) is 10.0 Å². The molecule has 108 valence electrons. The first-order valence-electron chi connectivity index (χ1n) is 6.57. The van der Waals surface area contributed by atoms with Gasteiger partial charge in [0.15, 0.2) is 0 Å². The van der Waals surface area contributed by atoms with Gasteiger partial charge in [-0.2, -0.15) is 0 Å². The van der Waals surface area contributed by atoms with Crippen molar-refractivity contribution in [3.63, 3.8) is 0 Å². The normalized spacial score (nSPS) is 12.7. The number of aryl methyl sites for hydroxylation is 1. The molecule has 0 amide bonds. The van der Waals surface area contributed by atoms with Crippen molar-refractivity contribution in [3.8, 4) is 5.69 Å². The smallest absolute Gasteiger partial charge is 0.103 e. The maximum Gasteiger partial charge on any atom is 0.103 e. The highest BCUT2D eigenvalue weighted by Crippen LogP contribution is 2.29. The highest BCUT2D eigenvalue weighted by Gasteiger charge is 2.17. The van der Waals surface area contributed by atoms with Gasteiger partial charge in [-0.1, -0.05) is 35.3 Å². The second-order valence-corrected chi connectivity index (χ2v) is 5.62. The van der Waals surface area contributed by atoms with Gasteiger partial charge < -0.3 is 5.32 Å². The number of halogens is 2. The Morgan fingerprint density at radius 1 is 1.25 bits per heavy atom. The molecule has 1 unspecified atom stereocenters. The van der Waals surface area contributed by atoms with Gasteiger partial charge in [0.2, 0.25) is 0 Å². The Bertz CT molecular complexity index is 622. The molecule has 1 N–H and O–H groups in total. The largest absolute Gasteiger partial charge is 0.309 e. The lowest BCUT2D eigenvalue weighted by molar-refractivity contribution is 0.579. The molecule has 6 heteroatoms. The van der Waals surface area contributed by atoms with Gasteiger partial charge in [0.25, 0.3) is 0 Å². The first kappa shape index (κ1) is 15.3. The third-order valence-electron chi connectivity index (χ3n) is 3.31. The number of nitrogens with one attached hydrogen (secondary N) is 1. The summed E-state index contributed by atoms with van der Waals surface area (Å²) in [5, 5.41) is 13.1. The summed E-state index contributed by atoms with van der Waals surface area (Å²) >= 11 is 12.5. The molecule has 0 spiro atoms. The average molecular weight is 313 g/mol. The molecule has 0 bridgehead atoms. The molecule has 1 aromatic heterocycles. The number of hydrogen-bond donors (Lipinski definition) is 1. The van der Waals surface area contributed by atoms with Crippen LogP contribution >= 0.6 is 23.2 Å². The van der Waals surface area contributed by atoms with Crippen molar-refractivity contribution in [2.24, 2.45) is 0 Å². The molecule has 0 aliphatic heterocycles. The van der Waals surface area contributed by atoms with Crippen LogP contribution < -0.4 is 5.32 Å². The topological polar surface area (TPSA) is 42.7 Å². The van der Waals surface area contributed by atoms with Gasteiger partial charge in [-0.05, 0) is 45.0 Å².